The van der Waals surface area contributed by atoms with Crippen molar-refractivity contribution < 1.29 is 43.6 Å². The Hall–Kier alpha value is -3.15. The molecule has 0 saturated heterocycles. The minimum absolute atomic E-state index is 0.0385. The molecule has 16 heteroatoms. The van der Waals surface area contributed by atoms with E-state index in [1.807, 2.05) is 0 Å². The molecule has 13 nitrogen and oxygen atoms in total. The van der Waals surface area contributed by atoms with E-state index in [-0.39, 0.29) is 33.1 Å². The van der Waals surface area contributed by atoms with Crippen LogP contribution in [-0.4, -0.2) is 57.7 Å². The summed E-state index contributed by atoms with van der Waals surface area (Å²) in [5.41, 5.74) is 1.58. The van der Waals surface area contributed by atoms with Crippen LogP contribution < -0.4 is 5.32 Å². The monoisotopic (exact) mass is 573 g/mol. The molecular weight excluding hydrogens is 550 g/mol. The first-order valence-corrected chi connectivity index (χ1v) is 15.0. The van der Waals surface area contributed by atoms with Crippen LogP contribution in [0.5, 0.6) is 5.75 Å². The molecular formula is C21H23N3O10S3. The van der Waals surface area contributed by atoms with Gasteiger partial charge >= 0.3 is 10.4 Å². The fraction of sp³-hybridized carbons (Fsp3) is 0.238. The molecule has 0 saturated carbocycles. The Morgan fingerprint density at radius 2 is 1.65 bits per heavy atom. The van der Waals surface area contributed by atoms with Gasteiger partial charge in [0.1, 0.15) is 17.3 Å². The lowest BCUT2D eigenvalue weighted by molar-refractivity contribution is 0.284. The lowest BCUT2D eigenvalue weighted by Gasteiger charge is -2.14. The van der Waals surface area contributed by atoms with Gasteiger partial charge in [-0.2, -0.15) is 21.9 Å². The second-order valence-corrected chi connectivity index (χ2v) is 12.5. The van der Waals surface area contributed by atoms with Crippen molar-refractivity contribution in [3.05, 3.63) is 53.6 Å². The Labute approximate surface area is 213 Å². The number of hydrogen-bond donors (Lipinski definition) is 4. The van der Waals surface area contributed by atoms with Gasteiger partial charge in [0.15, 0.2) is 9.84 Å². The van der Waals surface area contributed by atoms with Crippen molar-refractivity contribution in [1.29, 1.82) is 0 Å². The van der Waals surface area contributed by atoms with E-state index in [0.29, 0.717) is 10.9 Å². The van der Waals surface area contributed by atoms with Crippen LogP contribution in [0.3, 0.4) is 0 Å². The van der Waals surface area contributed by atoms with Gasteiger partial charge in [-0.1, -0.05) is 18.2 Å². The maximum absolute atomic E-state index is 12.5. The van der Waals surface area contributed by atoms with Crippen molar-refractivity contribution in [3.63, 3.8) is 0 Å². The minimum Gasteiger partial charge on any atom is -0.507 e. The maximum atomic E-state index is 12.5. The van der Waals surface area contributed by atoms with Crippen LogP contribution >= 0.6 is 0 Å². The van der Waals surface area contributed by atoms with Gasteiger partial charge in [-0.15, -0.1) is 5.11 Å². The summed E-state index contributed by atoms with van der Waals surface area (Å²) in [5, 5.41) is 22.4. The van der Waals surface area contributed by atoms with Crippen LogP contribution in [0.1, 0.15) is 11.1 Å². The number of nitrogens with zero attached hydrogens (tertiary/aromatic N) is 2. The second-order valence-electron chi connectivity index (χ2n) is 7.90. The maximum Gasteiger partial charge on any atom is 0.397 e. The van der Waals surface area contributed by atoms with Gasteiger partial charge in [-0.05, 0) is 54.6 Å². The summed E-state index contributed by atoms with van der Waals surface area (Å²) in [5.74, 6) is -1.70. The molecule has 0 bridgehead atoms. The molecule has 0 aliphatic carbocycles. The molecule has 0 fully saturated rings. The van der Waals surface area contributed by atoms with Crippen LogP contribution in [0, 0.1) is 13.8 Å². The normalized spacial score (nSPS) is 12.9. The highest BCUT2D eigenvalue weighted by atomic mass is 32.3. The number of fused-ring (bicyclic) bond motifs is 1. The largest absolute Gasteiger partial charge is 0.507 e. The summed E-state index contributed by atoms with van der Waals surface area (Å²) in [7, 11) is -13.2. The summed E-state index contributed by atoms with van der Waals surface area (Å²) in [6.45, 7) is 2.68. The first kappa shape index (κ1) is 28.4. The summed E-state index contributed by atoms with van der Waals surface area (Å²) in [6.07, 6.45) is 0. The van der Waals surface area contributed by atoms with Crippen molar-refractivity contribution in [2.45, 2.75) is 18.7 Å². The lowest BCUT2D eigenvalue weighted by Crippen LogP contribution is -2.15. The smallest absolute Gasteiger partial charge is 0.397 e. The Bertz CT molecular complexity index is 1700. The zero-order valence-corrected chi connectivity index (χ0v) is 21.9. The molecule has 200 valence electrons. The number of aryl methyl sites for hydroxylation is 1. The van der Waals surface area contributed by atoms with E-state index in [4.69, 9.17) is 9.11 Å². The second kappa shape index (κ2) is 10.7. The molecule has 0 aromatic heterocycles. The average molecular weight is 574 g/mol. The van der Waals surface area contributed by atoms with E-state index in [1.165, 1.54) is 24.3 Å². The summed E-state index contributed by atoms with van der Waals surface area (Å²) >= 11 is 0. The molecule has 4 N–H and O–H groups in total. The minimum atomic E-state index is -4.80. The summed E-state index contributed by atoms with van der Waals surface area (Å²) in [4.78, 5) is -0.222. The standard InChI is InChI=1S/C21H23N3O10S3/c1-13-10-15-6-7-18(22-12-36(28,29)30)20(19(15)21(25)14(13)2)24-23-16-4-3-5-17(11-16)35(26,27)9-8-34-37(31,32)33/h3-7,10-11,22,25H,8-9,12H2,1-2H3,(H,28,29,30)(H,31,32,33). The molecule has 0 atom stereocenters. The molecule has 0 amide bonds. The van der Waals surface area contributed by atoms with E-state index in [1.54, 1.807) is 26.0 Å². The van der Waals surface area contributed by atoms with Crippen LogP contribution in [0.25, 0.3) is 10.8 Å². The molecule has 0 aliphatic rings. The number of hydrogen-bond acceptors (Lipinski definition) is 11. The lowest BCUT2D eigenvalue weighted by atomic mass is 9.99. The van der Waals surface area contributed by atoms with Crippen molar-refractivity contribution in [2.75, 3.05) is 23.6 Å². The number of aromatic hydroxyl groups is 1. The number of anilines is 1. The molecule has 3 aromatic carbocycles. The van der Waals surface area contributed by atoms with Crippen molar-refractivity contribution in [3.8, 4) is 5.75 Å². The Kier molecular flexibility index (Phi) is 8.21. The molecule has 3 aromatic rings. The third-order valence-electron chi connectivity index (χ3n) is 5.24. The predicted molar refractivity (Wildman–Crippen MR) is 135 cm³/mol. The summed E-state index contributed by atoms with van der Waals surface area (Å²) in [6, 6.07) is 10.1. The molecule has 0 radical (unpaired) electrons. The van der Waals surface area contributed by atoms with Crippen LogP contribution in [0.2, 0.25) is 0 Å². The highest BCUT2D eigenvalue weighted by Gasteiger charge is 2.18. The predicted octanol–water partition coefficient (Wildman–Crippen LogP) is 3.43. The number of phenolic OH excluding ortho intramolecular Hbond substituents is 1. The quantitative estimate of drug-likeness (QED) is 0.204. The van der Waals surface area contributed by atoms with E-state index in [9.17, 15) is 30.4 Å². The van der Waals surface area contributed by atoms with Crippen LogP contribution in [0.4, 0.5) is 17.1 Å². The summed E-state index contributed by atoms with van der Waals surface area (Å²) < 4.78 is 90.7. The number of sulfone groups is 1. The van der Waals surface area contributed by atoms with E-state index in [2.05, 4.69) is 19.7 Å². The Morgan fingerprint density at radius 1 is 0.946 bits per heavy atom. The third kappa shape index (κ3) is 7.43. The van der Waals surface area contributed by atoms with Gasteiger partial charge in [0.25, 0.3) is 10.1 Å². The number of benzene rings is 3. The van der Waals surface area contributed by atoms with E-state index < -0.39 is 48.6 Å². The number of rotatable bonds is 10. The first-order valence-electron chi connectivity index (χ1n) is 10.4. The molecule has 0 spiro atoms. The van der Waals surface area contributed by atoms with Crippen molar-refractivity contribution in [2.24, 2.45) is 10.2 Å². The highest BCUT2D eigenvalue weighted by molar-refractivity contribution is 7.91. The van der Waals surface area contributed by atoms with Crippen molar-refractivity contribution in [1.82, 2.24) is 0 Å². The molecule has 0 aliphatic heterocycles. The van der Waals surface area contributed by atoms with Gasteiger partial charge in [-0.25, -0.2) is 12.6 Å². The number of azo groups is 1. The van der Waals surface area contributed by atoms with Crippen molar-refractivity contribution >= 4 is 58.2 Å². The topological polar surface area (TPSA) is 209 Å². The van der Waals surface area contributed by atoms with E-state index in [0.717, 1.165) is 11.6 Å². The van der Waals surface area contributed by atoms with Gasteiger partial charge in [0.2, 0.25) is 0 Å². The highest BCUT2D eigenvalue weighted by Crippen LogP contribution is 2.42. The average Bonchev–Trinajstić information content (AvgIpc) is 2.78. The van der Waals surface area contributed by atoms with Gasteiger partial charge in [-0.3, -0.25) is 9.11 Å². The number of nitrogens with one attached hydrogen (secondary N) is 1. The van der Waals surface area contributed by atoms with Crippen LogP contribution in [-0.2, 0) is 34.5 Å². The third-order valence-corrected chi connectivity index (χ3v) is 7.89. The van der Waals surface area contributed by atoms with Gasteiger partial charge in [0.05, 0.1) is 34.0 Å². The fourth-order valence-corrected chi connectivity index (χ4v) is 5.18. The molecule has 0 heterocycles. The SMILES string of the molecule is Cc1cc2ccc(NCS(=O)(=O)O)c(N=Nc3cccc(S(=O)(=O)CCOS(=O)(=O)O)c3)c2c(O)c1C. The first-order chi connectivity index (χ1) is 17.1. The zero-order valence-electron chi connectivity index (χ0n) is 19.5. The molecule has 37 heavy (non-hydrogen) atoms. The van der Waals surface area contributed by atoms with Gasteiger partial charge in [0, 0.05) is 0 Å². The van der Waals surface area contributed by atoms with E-state index >= 15 is 0 Å². The fourth-order valence-electron chi connectivity index (χ4n) is 3.32. The van der Waals surface area contributed by atoms with Crippen LogP contribution in [0.15, 0.2) is 57.6 Å². The molecule has 3 rings (SSSR count). The number of phenols is 1. The van der Waals surface area contributed by atoms with Gasteiger partial charge < -0.3 is 10.4 Å². The Morgan fingerprint density at radius 3 is 2.30 bits per heavy atom. The molecule has 0 unspecified atom stereocenters. The zero-order chi connectivity index (χ0) is 27.6. The Balaban J connectivity index is 2.04.